The van der Waals surface area contributed by atoms with Crippen LogP contribution >= 0.6 is 0 Å². The van der Waals surface area contributed by atoms with Crippen LogP contribution in [0, 0.1) is 0 Å². The van der Waals surface area contributed by atoms with Gasteiger partial charge in [0.1, 0.15) is 0 Å². The number of aryl methyl sites for hydroxylation is 2. The summed E-state index contributed by atoms with van der Waals surface area (Å²) in [5.41, 5.74) is 19.0. The maximum atomic E-state index is 4.51. The average molecular weight is 681 g/mol. The Balaban J connectivity index is 0.996. The minimum Gasteiger partial charge on any atom is -0.354 e. The van der Waals surface area contributed by atoms with Gasteiger partial charge in [0.25, 0.3) is 0 Å². The summed E-state index contributed by atoms with van der Waals surface area (Å²) in [6.45, 7) is 5.78. The molecule has 0 fully saturated rings. The third-order valence-corrected chi connectivity index (χ3v) is 10.8. The van der Waals surface area contributed by atoms with Crippen LogP contribution in [0.4, 0.5) is 0 Å². The lowest BCUT2D eigenvalue weighted by Gasteiger charge is -2.20. The second-order valence-corrected chi connectivity index (χ2v) is 13.9. The van der Waals surface area contributed by atoms with Gasteiger partial charge in [0.2, 0.25) is 0 Å². The molecule has 4 heteroatoms. The summed E-state index contributed by atoms with van der Waals surface area (Å²) in [5.74, 6) is 0. The van der Waals surface area contributed by atoms with Crippen LogP contribution in [0.1, 0.15) is 23.6 Å². The summed E-state index contributed by atoms with van der Waals surface area (Å²) in [4.78, 5) is 16.5. The van der Waals surface area contributed by atoms with Crippen LogP contribution in [0.3, 0.4) is 0 Å². The van der Waals surface area contributed by atoms with E-state index in [1.54, 1.807) is 6.08 Å². The molecule has 0 saturated carbocycles. The minimum absolute atomic E-state index is 0.909. The third-order valence-electron chi connectivity index (χ3n) is 10.8. The van der Waals surface area contributed by atoms with Crippen molar-refractivity contribution >= 4 is 55.5 Å². The van der Waals surface area contributed by atoms with E-state index >= 15 is 0 Å². The van der Waals surface area contributed by atoms with Crippen molar-refractivity contribution in [2.24, 2.45) is 4.99 Å². The SMILES string of the molecule is C=C/C=C(\N=CC)c1ccc(-c2ccc3[nH]c4cc5c(cc4c3c2)CCc2cc3c(cc2-5)[nH]c2ccc(-c4ccc(-c5ccccn5)cc4)cc23)cc1. The van der Waals surface area contributed by atoms with E-state index in [4.69, 9.17) is 0 Å². The monoisotopic (exact) mass is 680 g/mol. The second-order valence-electron chi connectivity index (χ2n) is 13.9. The summed E-state index contributed by atoms with van der Waals surface area (Å²) < 4.78 is 0. The molecular weight excluding hydrogens is 645 g/mol. The molecule has 0 bridgehead atoms. The van der Waals surface area contributed by atoms with E-state index in [1.807, 2.05) is 37.5 Å². The number of hydrogen-bond donors (Lipinski definition) is 2. The fourth-order valence-electron chi connectivity index (χ4n) is 8.19. The summed E-state index contributed by atoms with van der Waals surface area (Å²) >= 11 is 0. The highest BCUT2D eigenvalue weighted by Gasteiger charge is 2.21. The number of allylic oxidation sites excluding steroid dienone is 2. The van der Waals surface area contributed by atoms with Crippen molar-refractivity contribution in [2.75, 3.05) is 0 Å². The number of aromatic amines is 2. The number of hydrogen-bond acceptors (Lipinski definition) is 2. The summed E-state index contributed by atoms with van der Waals surface area (Å²) in [7, 11) is 0. The first kappa shape index (κ1) is 31.0. The van der Waals surface area contributed by atoms with Crippen LogP contribution in [0.15, 0.2) is 157 Å². The third kappa shape index (κ3) is 5.30. The molecule has 6 aromatic carbocycles. The van der Waals surface area contributed by atoms with Crippen molar-refractivity contribution in [1.29, 1.82) is 0 Å². The Bertz CT molecular complexity index is 2940. The molecule has 9 aromatic rings. The van der Waals surface area contributed by atoms with Gasteiger partial charge in [0, 0.05) is 67.2 Å². The average Bonchev–Trinajstić information content (AvgIpc) is 3.76. The number of H-pyrrole nitrogens is 2. The predicted molar refractivity (Wildman–Crippen MR) is 224 cm³/mol. The van der Waals surface area contributed by atoms with Gasteiger partial charge in [-0.05, 0) is 131 Å². The zero-order chi connectivity index (χ0) is 35.5. The molecule has 0 amide bonds. The lowest BCUT2D eigenvalue weighted by molar-refractivity contribution is 0.946. The maximum Gasteiger partial charge on any atom is 0.0701 e. The van der Waals surface area contributed by atoms with Crippen molar-refractivity contribution in [3.63, 3.8) is 0 Å². The summed E-state index contributed by atoms with van der Waals surface area (Å²) in [5, 5.41) is 5.08. The van der Waals surface area contributed by atoms with Crippen LogP contribution in [0.2, 0.25) is 0 Å². The van der Waals surface area contributed by atoms with Crippen LogP contribution in [0.5, 0.6) is 0 Å². The van der Waals surface area contributed by atoms with Crippen LogP contribution < -0.4 is 0 Å². The molecule has 0 saturated heterocycles. The van der Waals surface area contributed by atoms with Gasteiger partial charge in [0.05, 0.1) is 11.4 Å². The van der Waals surface area contributed by atoms with Gasteiger partial charge in [-0.25, -0.2) is 0 Å². The van der Waals surface area contributed by atoms with Crippen LogP contribution in [-0.4, -0.2) is 21.2 Å². The Morgan fingerprint density at radius 2 is 1.11 bits per heavy atom. The molecule has 0 radical (unpaired) electrons. The molecule has 2 N–H and O–H groups in total. The first-order chi connectivity index (χ1) is 26.1. The topological polar surface area (TPSA) is 56.8 Å². The fraction of sp³-hybridized carbons (Fsp3) is 0.0612. The Labute approximate surface area is 307 Å². The number of nitrogens with zero attached hydrogens (tertiary/aromatic N) is 2. The Morgan fingerprint density at radius 1 is 0.585 bits per heavy atom. The maximum absolute atomic E-state index is 4.51. The molecule has 0 spiro atoms. The molecule has 3 heterocycles. The number of rotatable bonds is 6. The van der Waals surface area contributed by atoms with E-state index in [-0.39, 0.29) is 0 Å². The minimum atomic E-state index is 0.909. The molecule has 4 nitrogen and oxygen atoms in total. The van der Waals surface area contributed by atoms with Gasteiger partial charge < -0.3 is 9.97 Å². The Kier molecular flexibility index (Phi) is 7.29. The van der Waals surface area contributed by atoms with Crippen molar-refractivity contribution in [1.82, 2.24) is 15.0 Å². The largest absolute Gasteiger partial charge is 0.354 e. The van der Waals surface area contributed by atoms with Crippen molar-refractivity contribution in [3.8, 4) is 44.6 Å². The van der Waals surface area contributed by atoms with Gasteiger partial charge in [0.15, 0.2) is 0 Å². The van der Waals surface area contributed by atoms with E-state index in [1.165, 1.54) is 77.1 Å². The van der Waals surface area contributed by atoms with Gasteiger partial charge in [-0.1, -0.05) is 79.4 Å². The standard InChI is InChI=1S/C49H36N4/c1-3-7-44(50-4-2)32-13-9-30(10-14-32)34-19-21-46-40(24-34)42-26-36-17-18-37-27-43-41-25-35(31-11-15-33(16-12-31)45-8-5-6-23-51-45)20-22-47(41)53-49(43)29-39(37)38(36)28-48(42)52-46/h3-16,19-29,52-53H,1,17-18H2,2H3/b44-7-,50-4?. The molecule has 0 aliphatic heterocycles. The van der Waals surface area contributed by atoms with E-state index in [0.717, 1.165) is 46.4 Å². The van der Waals surface area contributed by atoms with E-state index in [9.17, 15) is 0 Å². The van der Waals surface area contributed by atoms with Crippen molar-refractivity contribution in [3.05, 3.63) is 169 Å². The predicted octanol–water partition coefficient (Wildman–Crippen LogP) is 12.7. The molecule has 0 unspecified atom stereocenters. The van der Waals surface area contributed by atoms with E-state index in [2.05, 4.69) is 142 Å². The number of benzene rings is 6. The highest BCUT2D eigenvalue weighted by atomic mass is 14.7. The van der Waals surface area contributed by atoms with Gasteiger partial charge in [-0.3, -0.25) is 9.98 Å². The van der Waals surface area contributed by atoms with E-state index in [0.29, 0.717) is 0 Å². The molecule has 0 atom stereocenters. The lowest BCUT2D eigenvalue weighted by Crippen LogP contribution is -2.04. The second kappa shape index (κ2) is 12.5. The summed E-state index contributed by atoms with van der Waals surface area (Å²) in [6, 6.07) is 46.5. The first-order valence-corrected chi connectivity index (χ1v) is 18.2. The molecule has 10 rings (SSSR count). The summed E-state index contributed by atoms with van der Waals surface area (Å²) in [6.07, 6.45) is 9.42. The smallest absolute Gasteiger partial charge is 0.0701 e. The number of nitrogens with one attached hydrogen (secondary N) is 2. The van der Waals surface area contributed by atoms with Gasteiger partial charge in [-0.15, -0.1) is 0 Å². The normalized spacial score (nSPS) is 13.0. The van der Waals surface area contributed by atoms with Gasteiger partial charge >= 0.3 is 0 Å². The lowest BCUT2D eigenvalue weighted by atomic mass is 9.84. The first-order valence-electron chi connectivity index (χ1n) is 18.2. The van der Waals surface area contributed by atoms with Crippen LogP contribution in [0.25, 0.3) is 93.9 Å². The molecule has 1 aliphatic rings. The molecule has 252 valence electrons. The van der Waals surface area contributed by atoms with Crippen LogP contribution in [-0.2, 0) is 12.8 Å². The number of fused-ring (bicyclic) bond motifs is 9. The molecule has 3 aromatic heterocycles. The quantitative estimate of drug-likeness (QED) is 0.133. The zero-order valence-electron chi connectivity index (χ0n) is 29.4. The highest BCUT2D eigenvalue weighted by molar-refractivity contribution is 6.12. The van der Waals surface area contributed by atoms with Crippen molar-refractivity contribution in [2.45, 2.75) is 19.8 Å². The van der Waals surface area contributed by atoms with E-state index < -0.39 is 0 Å². The van der Waals surface area contributed by atoms with Crippen molar-refractivity contribution < 1.29 is 0 Å². The number of aliphatic imine (C=N–C) groups is 1. The van der Waals surface area contributed by atoms with Gasteiger partial charge in [-0.2, -0.15) is 0 Å². The zero-order valence-corrected chi connectivity index (χ0v) is 29.4. The fourth-order valence-corrected chi connectivity index (χ4v) is 8.19. The molecule has 1 aliphatic carbocycles. The number of pyridine rings is 1. The number of aromatic nitrogens is 3. The Morgan fingerprint density at radius 3 is 1.64 bits per heavy atom. The molecular formula is C49H36N4. The Hall–Kier alpha value is -6.78. The molecule has 53 heavy (non-hydrogen) atoms. The highest BCUT2D eigenvalue weighted by Crippen LogP contribution is 2.42.